The molecule has 1 fully saturated rings. The molecule has 0 unspecified atom stereocenters. The second-order valence-corrected chi connectivity index (χ2v) is 8.07. The molecular weight excluding hydrogens is 334 g/mol. The van der Waals surface area contributed by atoms with Gasteiger partial charge in [0.05, 0.1) is 11.6 Å². The molecule has 1 aromatic heterocycles. The molecule has 25 heavy (non-hydrogen) atoms. The molecule has 1 aliphatic carbocycles. The molecule has 0 saturated carbocycles. The van der Waals surface area contributed by atoms with Crippen LogP contribution in [0.4, 0.5) is 10.8 Å². The number of aryl methyl sites for hydroxylation is 4. The van der Waals surface area contributed by atoms with E-state index in [9.17, 15) is 9.59 Å². The molecule has 1 aliphatic heterocycles. The minimum Gasteiger partial charge on any atom is -0.312 e. The van der Waals surface area contributed by atoms with Gasteiger partial charge >= 0.3 is 0 Å². The van der Waals surface area contributed by atoms with Crippen LogP contribution in [0.5, 0.6) is 0 Å². The minimum absolute atomic E-state index is 0.0181. The minimum atomic E-state index is -0.328. The number of fused-ring (bicyclic) bond motifs is 1. The number of thiazole rings is 1. The maximum absolute atomic E-state index is 12.5. The number of nitrogens with one attached hydrogen (secondary N) is 1. The van der Waals surface area contributed by atoms with Crippen molar-refractivity contribution in [1.82, 2.24) is 4.98 Å². The Hall–Kier alpha value is -2.21. The molecule has 0 radical (unpaired) electrons. The van der Waals surface area contributed by atoms with Crippen LogP contribution >= 0.6 is 11.3 Å². The highest BCUT2D eigenvalue weighted by Crippen LogP contribution is 2.31. The van der Waals surface area contributed by atoms with E-state index in [1.807, 2.05) is 19.9 Å². The fraction of sp³-hybridized carbons (Fsp3) is 0.421. The lowest BCUT2D eigenvalue weighted by Gasteiger charge is -2.17. The zero-order chi connectivity index (χ0) is 17.6. The Morgan fingerprint density at radius 3 is 2.84 bits per heavy atom. The van der Waals surface area contributed by atoms with Crippen molar-refractivity contribution in [2.75, 3.05) is 16.8 Å². The van der Waals surface area contributed by atoms with E-state index in [1.54, 1.807) is 4.90 Å². The molecule has 1 aromatic carbocycles. The first-order valence-corrected chi connectivity index (χ1v) is 9.50. The van der Waals surface area contributed by atoms with Crippen LogP contribution in [0.3, 0.4) is 0 Å². The summed E-state index contributed by atoms with van der Waals surface area (Å²) in [6.45, 7) is 4.35. The number of rotatable bonds is 3. The van der Waals surface area contributed by atoms with Crippen LogP contribution in [0.15, 0.2) is 18.2 Å². The summed E-state index contributed by atoms with van der Waals surface area (Å²) in [5.41, 5.74) is 4.58. The number of carbonyl (C=O) groups is 2. The van der Waals surface area contributed by atoms with Gasteiger partial charge in [-0.3, -0.25) is 9.59 Å². The summed E-state index contributed by atoms with van der Waals surface area (Å²) < 4.78 is 0. The quantitative estimate of drug-likeness (QED) is 0.919. The Labute approximate surface area is 151 Å². The van der Waals surface area contributed by atoms with E-state index in [0.717, 1.165) is 29.1 Å². The van der Waals surface area contributed by atoms with Crippen LogP contribution in [0.25, 0.3) is 0 Å². The molecular formula is C19H21N3O2S. The molecule has 2 heterocycles. The number of nitrogens with zero attached hydrogens (tertiary/aromatic N) is 2. The summed E-state index contributed by atoms with van der Waals surface area (Å²) in [5, 5.41) is 3.48. The lowest BCUT2D eigenvalue weighted by Crippen LogP contribution is -2.28. The number of anilines is 2. The van der Waals surface area contributed by atoms with Crippen molar-refractivity contribution in [3.05, 3.63) is 39.9 Å². The molecule has 0 spiro atoms. The highest BCUT2D eigenvalue weighted by molar-refractivity contribution is 7.15. The van der Waals surface area contributed by atoms with Gasteiger partial charge in [0.15, 0.2) is 5.13 Å². The Kier molecular flexibility index (Phi) is 4.07. The summed E-state index contributed by atoms with van der Waals surface area (Å²) in [6.07, 6.45) is 3.65. The molecule has 1 N–H and O–H groups in total. The Bertz CT molecular complexity index is 839. The van der Waals surface area contributed by atoms with E-state index in [2.05, 4.69) is 22.4 Å². The van der Waals surface area contributed by atoms with Gasteiger partial charge in [0.25, 0.3) is 0 Å². The van der Waals surface area contributed by atoms with Crippen LogP contribution < -0.4 is 10.2 Å². The average Bonchev–Trinajstić information content (AvgIpc) is 3.26. The number of aromatic nitrogens is 1. The third-order valence-corrected chi connectivity index (χ3v) is 6.14. The van der Waals surface area contributed by atoms with E-state index < -0.39 is 0 Å². The van der Waals surface area contributed by atoms with Crippen molar-refractivity contribution in [2.24, 2.45) is 5.92 Å². The smallest absolute Gasteiger partial charge is 0.231 e. The molecule has 0 bridgehead atoms. The first-order chi connectivity index (χ1) is 12.0. The molecule has 1 atom stereocenters. The lowest BCUT2D eigenvalue weighted by molar-refractivity contribution is -0.122. The van der Waals surface area contributed by atoms with Crippen LogP contribution in [0.1, 0.15) is 34.5 Å². The Morgan fingerprint density at radius 2 is 2.08 bits per heavy atom. The molecule has 6 heteroatoms. The largest absolute Gasteiger partial charge is 0.312 e. The van der Waals surface area contributed by atoms with Crippen molar-refractivity contribution >= 4 is 34.0 Å². The zero-order valence-electron chi connectivity index (χ0n) is 14.5. The summed E-state index contributed by atoms with van der Waals surface area (Å²) in [5.74, 6) is -0.430. The SMILES string of the molecule is Cc1nc(NC(=O)[C@@H]2CC(=O)N(c3ccc4c(c3)CCC4)C2)sc1C. The van der Waals surface area contributed by atoms with Gasteiger partial charge in [-0.2, -0.15) is 0 Å². The van der Waals surface area contributed by atoms with Crippen molar-refractivity contribution in [3.63, 3.8) is 0 Å². The predicted octanol–water partition coefficient (Wildman–Crippen LogP) is 3.24. The van der Waals surface area contributed by atoms with Crippen molar-refractivity contribution < 1.29 is 9.59 Å². The first kappa shape index (κ1) is 16.3. The predicted molar refractivity (Wildman–Crippen MR) is 99.1 cm³/mol. The maximum Gasteiger partial charge on any atom is 0.231 e. The standard InChI is InChI=1S/C19H21N3O2S/c1-11-12(2)25-19(20-11)21-18(24)15-9-17(23)22(10-15)16-7-6-13-4-3-5-14(13)8-16/h6-8,15H,3-5,9-10H2,1-2H3,(H,20,21,24)/t15-/m1/s1. The zero-order valence-corrected chi connectivity index (χ0v) is 15.3. The second kappa shape index (κ2) is 6.26. The average molecular weight is 355 g/mol. The van der Waals surface area contributed by atoms with Gasteiger partial charge in [-0.1, -0.05) is 6.07 Å². The molecule has 130 valence electrons. The monoisotopic (exact) mass is 355 g/mol. The second-order valence-electron chi connectivity index (χ2n) is 6.86. The van der Waals surface area contributed by atoms with Crippen LogP contribution in [-0.2, 0) is 22.4 Å². The third kappa shape index (κ3) is 3.06. The van der Waals surface area contributed by atoms with Gasteiger partial charge in [-0.25, -0.2) is 4.98 Å². The van der Waals surface area contributed by atoms with Gasteiger partial charge in [0, 0.05) is 23.5 Å². The van der Waals surface area contributed by atoms with Crippen LogP contribution in [0, 0.1) is 19.8 Å². The summed E-state index contributed by atoms with van der Waals surface area (Å²) in [4.78, 5) is 32.1. The lowest BCUT2D eigenvalue weighted by atomic mass is 10.1. The van der Waals surface area contributed by atoms with E-state index in [1.165, 1.54) is 28.9 Å². The highest BCUT2D eigenvalue weighted by atomic mass is 32.1. The van der Waals surface area contributed by atoms with Gasteiger partial charge in [0.1, 0.15) is 0 Å². The van der Waals surface area contributed by atoms with Crippen molar-refractivity contribution in [2.45, 2.75) is 39.5 Å². The van der Waals surface area contributed by atoms with Gasteiger partial charge < -0.3 is 10.2 Å². The van der Waals surface area contributed by atoms with Crippen molar-refractivity contribution in [3.8, 4) is 0 Å². The molecule has 2 aliphatic rings. The molecule has 2 amide bonds. The number of amides is 2. The molecule has 5 nitrogen and oxygen atoms in total. The number of hydrogen-bond donors (Lipinski definition) is 1. The fourth-order valence-corrected chi connectivity index (χ4v) is 4.41. The Morgan fingerprint density at radius 1 is 1.28 bits per heavy atom. The summed E-state index contributed by atoms with van der Waals surface area (Å²) in [6, 6.07) is 6.25. The number of hydrogen-bond acceptors (Lipinski definition) is 4. The highest BCUT2D eigenvalue weighted by Gasteiger charge is 2.35. The van der Waals surface area contributed by atoms with Gasteiger partial charge in [0.2, 0.25) is 11.8 Å². The Balaban J connectivity index is 1.47. The van der Waals surface area contributed by atoms with E-state index in [-0.39, 0.29) is 24.2 Å². The molecule has 4 rings (SSSR count). The van der Waals surface area contributed by atoms with E-state index >= 15 is 0 Å². The van der Waals surface area contributed by atoms with Crippen LogP contribution in [-0.4, -0.2) is 23.3 Å². The summed E-state index contributed by atoms with van der Waals surface area (Å²) >= 11 is 1.47. The molecule has 2 aromatic rings. The first-order valence-electron chi connectivity index (χ1n) is 8.68. The van der Waals surface area contributed by atoms with E-state index in [0.29, 0.717) is 11.7 Å². The van der Waals surface area contributed by atoms with Crippen LogP contribution in [0.2, 0.25) is 0 Å². The fourth-order valence-electron chi connectivity index (χ4n) is 3.59. The van der Waals surface area contributed by atoms with Gasteiger partial charge in [-0.15, -0.1) is 11.3 Å². The maximum atomic E-state index is 12.5. The number of carbonyl (C=O) groups excluding carboxylic acids is 2. The van der Waals surface area contributed by atoms with E-state index in [4.69, 9.17) is 0 Å². The third-order valence-electron chi connectivity index (χ3n) is 5.15. The number of benzene rings is 1. The molecule has 1 saturated heterocycles. The normalized spacial score (nSPS) is 19.4. The van der Waals surface area contributed by atoms with Gasteiger partial charge in [-0.05, 0) is 56.4 Å². The summed E-state index contributed by atoms with van der Waals surface area (Å²) in [7, 11) is 0. The topological polar surface area (TPSA) is 62.3 Å². The van der Waals surface area contributed by atoms with Crippen molar-refractivity contribution in [1.29, 1.82) is 0 Å².